The van der Waals surface area contributed by atoms with Crippen LogP contribution in [0.3, 0.4) is 0 Å². The number of likely N-dealkylation sites (tertiary alicyclic amines) is 1. The van der Waals surface area contributed by atoms with Crippen LogP contribution in [0.2, 0.25) is 0 Å². The first-order chi connectivity index (χ1) is 10.1. The summed E-state index contributed by atoms with van der Waals surface area (Å²) in [5.41, 5.74) is 2.95. The minimum atomic E-state index is 0.131. The molecule has 5 nitrogen and oxygen atoms in total. The Morgan fingerprint density at radius 3 is 2.86 bits per heavy atom. The number of hydrogen-bond donors (Lipinski definition) is 0. The zero-order valence-corrected chi connectivity index (χ0v) is 12.9. The number of aromatic nitrogens is 3. The molecule has 0 radical (unpaired) electrons. The molecule has 0 aromatic carbocycles. The first-order valence-electron chi connectivity index (χ1n) is 7.49. The van der Waals surface area contributed by atoms with E-state index in [-0.39, 0.29) is 11.9 Å². The lowest BCUT2D eigenvalue weighted by Crippen LogP contribution is -2.39. The zero-order chi connectivity index (χ0) is 15.0. The second-order valence-corrected chi connectivity index (χ2v) is 5.91. The van der Waals surface area contributed by atoms with Crippen molar-refractivity contribution in [3.63, 3.8) is 0 Å². The van der Waals surface area contributed by atoms with Gasteiger partial charge in [-0.1, -0.05) is 0 Å². The lowest BCUT2D eigenvalue weighted by atomic mass is 10.2. The maximum Gasteiger partial charge on any atom is 0.270 e. The average Bonchev–Trinajstić information content (AvgIpc) is 3.12. The number of rotatable bonds is 3. The molecule has 0 bridgehead atoms. The molecule has 0 spiro atoms. The summed E-state index contributed by atoms with van der Waals surface area (Å²) in [4.78, 5) is 14.7. The van der Waals surface area contributed by atoms with Crippen molar-refractivity contribution in [3.05, 3.63) is 41.5 Å². The van der Waals surface area contributed by atoms with Gasteiger partial charge >= 0.3 is 0 Å². The molecule has 1 fully saturated rings. The summed E-state index contributed by atoms with van der Waals surface area (Å²) in [7, 11) is 1.92. The molecule has 1 aliphatic rings. The highest BCUT2D eigenvalue weighted by Crippen LogP contribution is 2.22. The van der Waals surface area contributed by atoms with Gasteiger partial charge in [-0.2, -0.15) is 5.10 Å². The van der Waals surface area contributed by atoms with Gasteiger partial charge in [0.25, 0.3) is 5.91 Å². The van der Waals surface area contributed by atoms with Crippen molar-refractivity contribution in [2.24, 2.45) is 7.05 Å². The van der Waals surface area contributed by atoms with Crippen LogP contribution in [-0.4, -0.2) is 37.7 Å². The van der Waals surface area contributed by atoms with E-state index in [1.54, 1.807) is 0 Å². The molecular formula is C16H22N4O. The number of carbonyl (C=O) groups excluding carboxylic acids is 1. The molecule has 0 aliphatic carbocycles. The Bertz CT molecular complexity index is 655. The van der Waals surface area contributed by atoms with Crippen molar-refractivity contribution in [3.8, 4) is 0 Å². The Kier molecular flexibility index (Phi) is 3.57. The van der Waals surface area contributed by atoms with E-state index in [2.05, 4.69) is 18.1 Å². The summed E-state index contributed by atoms with van der Waals surface area (Å²) in [5.74, 6) is 0.131. The summed E-state index contributed by atoms with van der Waals surface area (Å²) in [5, 5.41) is 4.52. The third-order valence-electron chi connectivity index (χ3n) is 4.29. The Morgan fingerprint density at radius 2 is 2.24 bits per heavy atom. The number of carbonyl (C=O) groups is 1. The van der Waals surface area contributed by atoms with Crippen molar-refractivity contribution < 1.29 is 4.79 Å². The lowest BCUT2D eigenvalue weighted by molar-refractivity contribution is 0.0711. The second-order valence-electron chi connectivity index (χ2n) is 5.91. The predicted molar refractivity (Wildman–Crippen MR) is 81.2 cm³/mol. The zero-order valence-electron chi connectivity index (χ0n) is 12.9. The van der Waals surface area contributed by atoms with E-state index in [1.807, 2.05) is 46.4 Å². The van der Waals surface area contributed by atoms with Crippen LogP contribution in [0.4, 0.5) is 0 Å². The van der Waals surface area contributed by atoms with Crippen molar-refractivity contribution in [1.29, 1.82) is 0 Å². The van der Waals surface area contributed by atoms with Gasteiger partial charge in [-0.25, -0.2) is 0 Å². The summed E-state index contributed by atoms with van der Waals surface area (Å²) in [6.07, 6.45) is 4.04. The summed E-state index contributed by atoms with van der Waals surface area (Å²) < 4.78 is 3.91. The molecule has 1 atom stereocenters. The first-order valence-corrected chi connectivity index (χ1v) is 7.49. The van der Waals surface area contributed by atoms with Gasteiger partial charge in [-0.3, -0.25) is 9.48 Å². The van der Waals surface area contributed by atoms with E-state index < -0.39 is 0 Å². The molecular weight excluding hydrogens is 264 g/mol. The molecule has 2 aromatic heterocycles. The molecule has 5 heteroatoms. The van der Waals surface area contributed by atoms with Crippen LogP contribution in [0.1, 0.15) is 34.7 Å². The monoisotopic (exact) mass is 286 g/mol. The largest absolute Gasteiger partial charge is 0.347 e. The van der Waals surface area contributed by atoms with E-state index in [1.165, 1.54) is 0 Å². The van der Waals surface area contributed by atoms with Crippen molar-refractivity contribution >= 4 is 5.91 Å². The third-order valence-corrected chi connectivity index (χ3v) is 4.29. The molecule has 1 aliphatic heterocycles. The van der Waals surface area contributed by atoms with E-state index >= 15 is 0 Å². The second kappa shape index (κ2) is 5.39. The average molecular weight is 286 g/mol. The van der Waals surface area contributed by atoms with Crippen molar-refractivity contribution in [2.45, 2.75) is 39.3 Å². The van der Waals surface area contributed by atoms with Crippen LogP contribution in [0, 0.1) is 13.8 Å². The standard InChI is InChI=1S/C16H22N4O/c1-12-10-13(2)20(17-12)11-14-6-4-9-19(14)16(21)15-7-5-8-18(15)3/h5,7-8,10,14H,4,6,9,11H2,1-3H3. The third kappa shape index (κ3) is 2.60. The van der Waals surface area contributed by atoms with E-state index in [4.69, 9.17) is 0 Å². The van der Waals surface area contributed by atoms with Gasteiger partial charge in [0.15, 0.2) is 0 Å². The molecule has 1 amide bonds. The van der Waals surface area contributed by atoms with Gasteiger partial charge in [0.2, 0.25) is 0 Å². The predicted octanol–water partition coefficient (Wildman–Crippen LogP) is 2.14. The minimum absolute atomic E-state index is 0.131. The Balaban J connectivity index is 1.78. The maximum absolute atomic E-state index is 12.7. The van der Waals surface area contributed by atoms with Gasteiger partial charge in [0.1, 0.15) is 5.69 Å². The quantitative estimate of drug-likeness (QED) is 0.867. The number of amides is 1. The highest BCUT2D eigenvalue weighted by Gasteiger charge is 2.31. The molecule has 1 saturated heterocycles. The fourth-order valence-corrected chi connectivity index (χ4v) is 3.18. The van der Waals surface area contributed by atoms with Gasteiger partial charge in [0.05, 0.1) is 18.3 Å². The van der Waals surface area contributed by atoms with Crippen LogP contribution in [0.15, 0.2) is 24.4 Å². The Labute approximate surface area is 125 Å². The van der Waals surface area contributed by atoms with E-state index in [0.29, 0.717) is 0 Å². The molecule has 21 heavy (non-hydrogen) atoms. The van der Waals surface area contributed by atoms with Crippen molar-refractivity contribution in [1.82, 2.24) is 19.2 Å². The number of aryl methyl sites for hydroxylation is 3. The van der Waals surface area contributed by atoms with Gasteiger partial charge < -0.3 is 9.47 Å². The number of nitrogens with zero attached hydrogens (tertiary/aromatic N) is 4. The molecule has 1 unspecified atom stereocenters. The first kappa shape index (κ1) is 13.9. The highest BCUT2D eigenvalue weighted by atomic mass is 16.2. The smallest absolute Gasteiger partial charge is 0.270 e. The Morgan fingerprint density at radius 1 is 1.43 bits per heavy atom. The van der Waals surface area contributed by atoms with Crippen LogP contribution in [0.5, 0.6) is 0 Å². The molecule has 3 rings (SSSR count). The van der Waals surface area contributed by atoms with Crippen LogP contribution in [0.25, 0.3) is 0 Å². The topological polar surface area (TPSA) is 43.1 Å². The molecule has 112 valence electrons. The van der Waals surface area contributed by atoms with Crippen molar-refractivity contribution in [2.75, 3.05) is 6.54 Å². The normalized spacial score (nSPS) is 18.4. The molecule has 0 N–H and O–H groups in total. The summed E-state index contributed by atoms with van der Waals surface area (Å²) >= 11 is 0. The maximum atomic E-state index is 12.7. The molecule has 2 aromatic rings. The van der Waals surface area contributed by atoms with Crippen LogP contribution >= 0.6 is 0 Å². The summed E-state index contributed by atoms with van der Waals surface area (Å²) in [6.45, 7) is 5.70. The van der Waals surface area contributed by atoms with Gasteiger partial charge in [0, 0.05) is 25.5 Å². The SMILES string of the molecule is Cc1cc(C)n(CC2CCCN2C(=O)c2cccn2C)n1. The van der Waals surface area contributed by atoms with E-state index in [9.17, 15) is 4.79 Å². The molecule has 0 saturated carbocycles. The highest BCUT2D eigenvalue weighted by molar-refractivity contribution is 5.93. The Hall–Kier alpha value is -2.04. The van der Waals surface area contributed by atoms with E-state index in [0.717, 1.165) is 43.0 Å². The number of hydrogen-bond acceptors (Lipinski definition) is 2. The summed E-state index contributed by atoms with van der Waals surface area (Å²) in [6, 6.07) is 6.13. The van der Waals surface area contributed by atoms with Crippen LogP contribution < -0.4 is 0 Å². The fraction of sp³-hybridized carbons (Fsp3) is 0.500. The lowest BCUT2D eigenvalue weighted by Gasteiger charge is -2.25. The fourth-order valence-electron chi connectivity index (χ4n) is 3.18. The molecule has 3 heterocycles. The van der Waals surface area contributed by atoms with Crippen LogP contribution in [-0.2, 0) is 13.6 Å². The van der Waals surface area contributed by atoms with Gasteiger partial charge in [-0.05, 0) is 44.9 Å². The minimum Gasteiger partial charge on any atom is -0.347 e. The van der Waals surface area contributed by atoms with Gasteiger partial charge in [-0.15, -0.1) is 0 Å².